The molecule has 2 heterocycles. The molecular weight excluding hydrogens is 388 g/mol. The third-order valence-electron chi connectivity index (χ3n) is 5.90. The Morgan fingerprint density at radius 2 is 1.73 bits per heavy atom. The van der Waals surface area contributed by atoms with Gasteiger partial charge in [-0.3, -0.25) is 14.5 Å². The van der Waals surface area contributed by atoms with Crippen molar-refractivity contribution in [3.63, 3.8) is 0 Å². The van der Waals surface area contributed by atoms with Gasteiger partial charge in [0.25, 0.3) is 0 Å². The highest BCUT2D eigenvalue weighted by atomic mass is 19.1. The summed E-state index contributed by atoms with van der Waals surface area (Å²) >= 11 is 0. The van der Waals surface area contributed by atoms with E-state index in [0.29, 0.717) is 31.7 Å². The fraction of sp³-hybridized carbons (Fsp3) is 0.391. The zero-order chi connectivity index (χ0) is 21.1. The van der Waals surface area contributed by atoms with Gasteiger partial charge in [-0.05, 0) is 35.7 Å². The molecule has 7 heteroatoms. The summed E-state index contributed by atoms with van der Waals surface area (Å²) in [7, 11) is 0. The fourth-order valence-electron chi connectivity index (χ4n) is 4.22. The van der Waals surface area contributed by atoms with Crippen molar-refractivity contribution in [3.05, 3.63) is 71.3 Å². The van der Waals surface area contributed by atoms with E-state index >= 15 is 0 Å². The van der Waals surface area contributed by atoms with Gasteiger partial charge in [0.15, 0.2) is 0 Å². The van der Waals surface area contributed by atoms with Gasteiger partial charge in [-0.2, -0.15) is 0 Å². The summed E-state index contributed by atoms with van der Waals surface area (Å²) in [4.78, 5) is 31.6. The van der Waals surface area contributed by atoms with Gasteiger partial charge in [0.1, 0.15) is 17.7 Å². The zero-order valence-electron chi connectivity index (χ0n) is 16.8. The van der Waals surface area contributed by atoms with Crippen LogP contribution in [0.2, 0.25) is 0 Å². The van der Waals surface area contributed by atoms with Crippen molar-refractivity contribution in [1.82, 2.24) is 14.7 Å². The van der Waals surface area contributed by atoms with Crippen LogP contribution >= 0.6 is 0 Å². The summed E-state index contributed by atoms with van der Waals surface area (Å²) in [6, 6.07) is 12.1. The smallest absolute Gasteiger partial charge is 0.242 e. The Balaban J connectivity index is 1.44. The minimum absolute atomic E-state index is 0.00707. The number of amides is 2. The number of carbonyl (C=O) groups excluding carboxylic acids is 2. The highest BCUT2D eigenvalue weighted by Gasteiger charge is 2.38. The first-order chi connectivity index (χ1) is 14.5. The molecule has 1 atom stereocenters. The summed E-state index contributed by atoms with van der Waals surface area (Å²) in [6.07, 6.45) is 0.775. The molecule has 158 valence electrons. The zero-order valence-corrected chi connectivity index (χ0v) is 16.8. The van der Waals surface area contributed by atoms with Gasteiger partial charge in [0.05, 0.1) is 6.42 Å². The van der Waals surface area contributed by atoms with Crippen LogP contribution in [-0.2, 0) is 22.6 Å². The molecule has 2 fully saturated rings. The maximum atomic E-state index is 13.9. The van der Waals surface area contributed by atoms with Crippen LogP contribution in [0.3, 0.4) is 0 Å². The molecule has 2 aromatic rings. The van der Waals surface area contributed by atoms with Crippen LogP contribution in [0, 0.1) is 11.6 Å². The molecular formula is C23H25F2N3O2. The van der Waals surface area contributed by atoms with Crippen molar-refractivity contribution >= 4 is 11.8 Å². The monoisotopic (exact) mass is 413 g/mol. The minimum atomic E-state index is -0.397. The van der Waals surface area contributed by atoms with Crippen molar-refractivity contribution in [1.29, 1.82) is 0 Å². The lowest BCUT2D eigenvalue weighted by atomic mass is 10.1. The van der Waals surface area contributed by atoms with Gasteiger partial charge in [-0.25, -0.2) is 8.78 Å². The van der Waals surface area contributed by atoms with Crippen LogP contribution in [0.1, 0.15) is 17.5 Å². The first-order valence-electron chi connectivity index (χ1n) is 10.3. The fourth-order valence-corrected chi connectivity index (χ4v) is 4.22. The molecule has 1 unspecified atom stereocenters. The average Bonchev–Trinajstić information content (AvgIpc) is 2.97. The van der Waals surface area contributed by atoms with Gasteiger partial charge in [-0.1, -0.05) is 30.3 Å². The predicted octanol–water partition coefficient (Wildman–Crippen LogP) is 2.45. The number of benzene rings is 2. The summed E-state index contributed by atoms with van der Waals surface area (Å²) < 4.78 is 27.1. The summed E-state index contributed by atoms with van der Waals surface area (Å²) in [5.41, 5.74) is 1.25. The molecule has 2 aromatic carbocycles. The third kappa shape index (κ3) is 4.51. The summed E-state index contributed by atoms with van der Waals surface area (Å²) in [5.74, 6) is -0.870. The molecule has 2 amide bonds. The van der Waals surface area contributed by atoms with Crippen molar-refractivity contribution in [2.24, 2.45) is 0 Å². The normalized spacial score (nSPS) is 20.1. The van der Waals surface area contributed by atoms with Gasteiger partial charge in [-0.15, -0.1) is 0 Å². The van der Waals surface area contributed by atoms with E-state index in [0.717, 1.165) is 25.1 Å². The Morgan fingerprint density at radius 1 is 0.967 bits per heavy atom. The molecule has 30 heavy (non-hydrogen) atoms. The topological polar surface area (TPSA) is 43.9 Å². The lowest BCUT2D eigenvalue weighted by Gasteiger charge is -2.40. The van der Waals surface area contributed by atoms with E-state index in [1.165, 1.54) is 18.2 Å². The lowest BCUT2D eigenvalue weighted by Crippen LogP contribution is -2.59. The molecule has 2 saturated heterocycles. The minimum Gasteiger partial charge on any atom is -0.340 e. The van der Waals surface area contributed by atoms with Crippen molar-refractivity contribution < 1.29 is 18.4 Å². The Bertz CT molecular complexity index is 919. The highest BCUT2D eigenvalue weighted by molar-refractivity contribution is 5.85. The van der Waals surface area contributed by atoms with E-state index in [1.807, 2.05) is 0 Å². The molecule has 5 nitrogen and oxygen atoms in total. The Labute approximate surface area is 174 Å². The Morgan fingerprint density at radius 3 is 2.50 bits per heavy atom. The van der Waals surface area contributed by atoms with Crippen LogP contribution in [0.4, 0.5) is 8.78 Å². The van der Waals surface area contributed by atoms with Gasteiger partial charge in [0, 0.05) is 39.3 Å². The summed E-state index contributed by atoms with van der Waals surface area (Å²) in [6.45, 7) is 3.40. The second-order valence-electron chi connectivity index (χ2n) is 7.90. The van der Waals surface area contributed by atoms with Gasteiger partial charge >= 0.3 is 0 Å². The number of fused-ring (bicyclic) bond motifs is 1. The SMILES string of the molecule is O=C(Cc1ccccc1F)N1CCCN2CCN(Cc3ccc(F)cc3)C(=O)C2C1. The number of nitrogens with zero attached hydrogens (tertiary/aromatic N) is 3. The molecule has 0 radical (unpaired) electrons. The van der Waals surface area contributed by atoms with E-state index < -0.39 is 6.04 Å². The number of carbonyl (C=O) groups is 2. The molecule has 0 N–H and O–H groups in total. The molecule has 2 aliphatic rings. The lowest BCUT2D eigenvalue weighted by molar-refractivity contribution is -0.143. The largest absolute Gasteiger partial charge is 0.340 e. The molecule has 4 rings (SSSR count). The molecule has 0 bridgehead atoms. The molecule has 0 aromatic heterocycles. The maximum Gasteiger partial charge on any atom is 0.242 e. The molecule has 0 aliphatic carbocycles. The second-order valence-corrected chi connectivity index (χ2v) is 7.90. The predicted molar refractivity (Wildman–Crippen MR) is 108 cm³/mol. The number of halogens is 2. The van der Waals surface area contributed by atoms with Crippen LogP contribution in [0.15, 0.2) is 48.5 Å². The van der Waals surface area contributed by atoms with Gasteiger partial charge in [0.2, 0.25) is 11.8 Å². The van der Waals surface area contributed by atoms with Crippen LogP contribution in [-0.4, -0.2) is 65.3 Å². The van der Waals surface area contributed by atoms with Crippen LogP contribution in [0.25, 0.3) is 0 Å². The molecule has 2 aliphatic heterocycles. The Kier molecular flexibility index (Phi) is 6.08. The number of piperazine rings is 1. The van der Waals surface area contributed by atoms with Crippen molar-refractivity contribution in [2.75, 3.05) is 32.7 Å². The van der Waals surface area contributed by atoms with Crippen molar-refractivity contribution in [2.45, 2.75) is 25.4 Å². The maximum absolute atomic E-state index is 13.9. The van der Waals surface area contributed by atoms with Crippen molar-refractivity contribution in [3.8, 4) is 0 Å². The number of hydrogen-bond acceptors (Lipinski definition) is 3. The summed E-state index contributed by atoms with van der Waals surface area (Å²) in [5, 5.41) is 0. The van der Waals surface area contributed by atoms with E-state index in [-0.39, 0.29) is 29.9 Å². The number of rotatable bonds is 4. The quantitative estimate of drug-likeness (QED) is 0.774. The average molecular weight is 413 g/mol. The van der Waals surface area contributed by atoms with Crippen LogP contribution in [0.5, 0.6) is 0 Å². The number of hydrogen-bond donors (Lipinski definition) is 0. The molecule has 0 spiro atoms. The van der Waals surface area contributed by atoms with Crippen LogP contribution < -0.4 is 0 Å². The molecule has 0 saturated carbocycles. The van der Waals surface area contributed by atoms with E-state index in [2.05, 4.69) is 4.90 Å². The Hall–Kier alpha value is -2.80. The van der Waals surface area contributed by atoms with E-state index in [9.17, 15) is 18.4 Å². The first kappa shape index (κ1) is 20.5. The second kappa shape index (κ2) is 8.92. The first-order valence-corrected chi connectivity index (χ1v) is 10.3. The van der Waals surface area contributed by atoms with E-state index in [4.69, 9.17) is 0 Å². The van der Waals surface area contributed by atoms with E-state index in [1.54, 1.807) is 40.1 Å². The van der Waals surface area contributed by atoms with Gasteiger partial charge < -0.3 is 9.80 Å². The standard InChI is InChI=1S/C23H25F2N3O2/c24-19-8-6-17(7-9-19)15-28-13-12-26-10-3-11-27(16-21(26)23(28)30)22(29)14-18-4-1-2-5-20(18)25/h1-2,4-9,21H,3,10-16H2. The third-order valence-corrected chi connectivity index (χ3v) is 5.90. The highest BCUT2D eigenvalue weighted by Crippen LogP contribution is 2.20.